The van der Waals surface area contributed by atoms with E-state index in [1.165, 1.54) is 23.4 Å². The topological polar surface area (TPSA) is 208 Å². The number of fused-ring (bicyclic) bond motifs is 4. The number of aromatic amines is 3. The first-order chi connectivity index (χ1) is 24.6. The molecule has 0 spiro atoms. The van der Waals surface area contributed by atoms with Crippen molar-refractivity contribution in [1.82, 2.24) is 64.4 Å². The second-order valence-corrected chi connectivity index (χ2v) is 11.0. The second kappa shape index (κ2) is 11.6. The molecule has 0 amide bonds. The molecule has 16 heteroatoms. The molecule has 240 valence electrons. The van der Waals surface area contributed by atoms with Crippen LogP contribution in [0.15, 0.2) is 125 Å². The number of nitrogens with zero attached hydrogens (tertiary/aromatic N) is 10. The van der Waals surface area contributed by atoms with Crippen LogP contribution in [-0.2, 0) is 0 Å². The Morgan fingerprint density at radius 3 is 1.78 bits per heavy atom. The standard InChI is InChI=1S/C17H11N7O.C17H10N6O2/c25-17-16-15(18-3-4-19-16)12(10-6-22-23-7-10)8-24(17)11-1-2-13-14(5-11)21-9-20-13;24-17-16-15(18-3-4-19-16)12(10-6-21-22-7-10)8-23(17)11-1-2-14-13(5-11)20-9-25-14/h1-9H,(H,20,21)(H,22,23);1-9H,(H,21,22). The van der Waals surface area contributed by atoms with E-state index in [0.29, 0.717) is 38.9 Å². The fourth-order valence-corrected chi connectivity index (χ4v) is 5.78. The predicted molar refractivity (Wildman–Crippen MR) is 183 cm³/mol. The van der Waals surface area contributed by atoms with Crippen LogP contribution in [0.25, 0.3) is 77.8 Å². The number of rotatable bonds is 4. The van der Waals surface area contributed by atoms with Gasteiger partial charge in [0.05, 0.1) is 41.1 Å². The van der Waals surface area contributed by atoms with Gasteiger partial charge in [-0.3, -0.25) is 38.9 Å². The third-order valence-corrected chi connectivity index (χ3v) is 8.16. The van der Waals surface area contributed by atoms with Crippen LogP contribution in [0.3, 0.4) is 0 Å². The van der Waals surface area contributed by atoms with E-state index in [4.69, 9.17) is 4.42 Å². The summed E-state index contributed by atoms with van der Waals surface area (Å²) in [5, 5.41) is 13.5. The van der Waals surface area contributed by atoms with Gasteiger partial charge in [-0.25, -0.2) is 19.9 Å². The van der Waals surface area contributed by atoms with Crippen LogP contribution < -0.4 is 11.1 Å². The molecule has 0 bridgehead atoms. The minimum atomic E-state index is -0.252. The first-order valence-electron chi connectivity index (χ1n) is 15.1. The molecule has 0 aliphatic carbocycles. The molecule has 0 aliphatic rings. The monoisotopic (exact) mass is 659 g/mol. The molecule has 2 aromatic carbocycles. The summed E-state index contributed by atoms with van der Waals surface area (Å²) in [6.07, 6.45) is 19.6. The number of hydrogen-bond acceptors (Lipinski definition) is 11. The van der Waals surface area contributed by atoms with Crippen LogP contribution >= 0.6 is 0 Å². The smallest absolute Gasteiger partial charge is 0.283 e. The zero-order chi connectivity index (χ0) is 33.6. The van der Waals surface area contributed by atoms with Crippen molar-refractivity contribution in [3.63, 3.8) is 0 Å². The van der Waals surface area contributed by atoms with Gasteiger partial charge in [-0.2, -0.15) is 10.2 Å². The Labute approximate surface area is 278 Å². The van der Waals surface area contributed by atoms with Crippen LogP contribution in [-0.4, -0.2) is 64.4 Å². The Bertz CT molecular complexity index is 2740. The lowest BCUT2D eigenvalue weighted by molar-refractivity contribution is 0.602. The van der Waals surface area contributed by atoms with E-state index in [9.17, 15) is 9.59 Å². The Morgan fingerprint density at radius 2 is 1.18 bits per heavy atom. The molecule has 10 rings (SSSR count). The molecule has 0 saturated heterocycles. The predicted octanol–water partition coefficient (Wildman–Crippen LogP) is 4.36. The lowest BCUT2D eigenvalue weighted by atomic mass is 10.1. The van der Waals surface area contributed by atoms with Gasteiger partial charge in [0, 0.05) is 71.8 Å². The Kier molecular flexibility index (Phi) is 6.61. The van der Waals surface area contributed by atoms with Crippen LogP contribution in [0.2, 0.25) is 0 Å². The third-order valence-electron chi connectivity index (χ3n) is 8.16. The maximum Gasteiger partial charge on any atom is 0.283 e. The highest BCUT2D eigenvalue weighted by atomic mass is 16.3. The summed E-state index contributed by atoms with van der Waals surface area (Å²) < 4.78 is 8.36. The Hall–Kier alpha value is -7.62. The number of H-pyrrole nitrogens is 3. The summed E-state index contributed by atoms with van der Waals surface area (Å²) >= 11 is 0. The van der Waals surface area contributed by atoms with Gasteiger partial charge >= 0.3 is 0 Å². The summed E-state index contributed by atoms with van der Waals surface area (Å²) in [6, 6.07) is 11.0. The summed E-state index contributed by atoms with van der Waals surface area (Å²) in [4.78, 5) is 54.4. The number of pyridine rings is 2. The quantitative estimate of drug-likeness (QED) is 0.242. The molecule has 0 atom stereocenters. The third kappa shape index (κ3) is 4.79. The van der Waals surface area contributed by atoms with E-state index in [2.05, 4.69) is 55.3 Å². The fraction of sp³-hybridized carbons (Fsp3) is 0. The Morgan fingerprint density at radius 1 is 0.600 bits per heavy atom. The lowest BCUT2D eigenvalue weighted by Crippen LogP contribution is -2.19. The minimum absolute atomic E-state index is 0.228. The van der Waals surface area contributed by atoms with Crippen molar-refractivity contribution in [3.8, 4) is 33.6 Å². The molecular weight excluding hydrogens is 638 g/mol. The fourth-order valence-electron chi connectivity index (χ4n) is 5.78. The molecule has 16 nitrogen and oxygen atoms in total. The number of benzene rings is 2. The summed E-state index contributed by atoms with van der Waals surface area (Å²) in [5.41, 5.74) is 8.83. The van der Waals surface area contributed by atoms with Crippen molar-refractivity contribution in [3.05, 3.63) is 132 Å². The van der Waals surface area contributed by atoms with Crippen LogP contribution in [0.4, 0.5) is 0 Å². The zero-order valence-corrected chi connectivity index (χ0v) is 25.6. The van der Waals surface area contributed by atoms with Crippen molar-refractivity contribution in [2.24, 2.45) is 0 Å². The maximum absolute atomic E-state index is 12.9. The number of oxazole rings is 1. The van der Waals surface area contributed by atoms with Crippen molar-refractivity contribution in [2.45, 2.75) is 0 Å². The molecule has 10 aromatic rings. The molecule has 0 saturated carbocycles. The second-order valence-electron chi connectivity index (χ2n) is 11.0. The molecule has 50 heavy (non-hydrogen) atoms. The van der Waals surface area contributed by atoms with E-state index in [0.717, 1.165) is 39.0 Å². The SMILES string of the molecule is O=c1c2nccnc2c(-c2cn[nH]c2)cn1-c1ccc2nc[nH]c2c1.O=c1c2nccnc2c(-c2cn[nH]c2)cn1-c1ccc2ocnc2c1. The molecule has 3 N–H and O–H groups in total. The van der Waals surface area contributed by atoms with Gasteiger partial charge in [0.2, 0.25) is 0 Å². The number of aromatic nitrogens is 13. The lowest BCUT2D eigenvalue weighted by Gasteiger charge is -2.10. The number of imidazole rings is 1. The van der Waals surface area contributed by atoms with Crippen molar-refractivity contribution < 1.29 is 4.42 Å². The van der Waals surface area contributed by atoms with E-state index in [1.807, 2.05) is 18.2 Å². The van der Waals surface area contributed by atoms with Crippen LogP contribution in [0.1, 0.15) is 0 Å². The van der Waals surface area contributed by atoms with Gasteiger partial charge in [-0.1, -0.05) is 0 Å². The first kappa shape index (κ1) is 28.6. The van der Waals surface area contributed by atoms with Crippen molar-refractivity contribution in [2.75, 3.05) is 0 Å². The first-order valence-corrected chi connectivity index (χ1v) is 15.1. The molecule has 0 unspecified atom stereocenters. The summed E-state index contributed by atoms with van der Waals surface area (Å²) in [7, 11) is 0. The van der Waals surface area contributed by atoms with Gasteiger partial charge in [-0.15, -0.1) is 0 Å². The van der Waals surface area contributed by atoms with Gasteiger partial charge in [0.25, 0.3) is 11.1 Å². The highest BCUT2D eigenvalue weighted by Gasteiger charge is 2.16. The number of nitrogens with one attached hydrogen (secondary N) is 3. The van der Waals surface area contributed by atoms with E-state index in [-0.39, 0.29) is 11.1 Å². The Balaban J connectivity index is 0.000000135. The maximum atomic E-state index is 12.9. The average molecular weight is 660 g/mol. The molecule has 8 aromatic heterocycles. The molecule has 0 aliphatic heterocycles. The van der Waals surface area contributed by atoms with E-state index in [1.54, 1.807) is 78.7 Å². The normalized spacial score (nSPS) is 11.4. The zero-order valence-electron chi connectivity index (χ0n) is 25.6. The minimum Gasteiger partial charge on any atom is -0.443 e. The molecule has 0 fully saturated rings. The van der Waals surface area contributed by atoms with Gasteiger partial charge in [0.15, 0.2) is 23.0 Å². The van der Waals surface area contributed by atoms with Gasteiger partial charge in [-0.05, 0) is 36.4 Å². The van der Waals surface area contributed by atoms with Crippen LogP contribution in [0.5, 0.6) is 0 Å². The molecular formula is C34H21N13O3. The van der Waals surface area contributed by atoms with E-state index >= 15 is 0 Å². The van der Waals surface area contributed by atoms with Crippen molar-refractivity contribution in [1.29, 1.82) is 0 Å². The molecule has 8 heterocycles. The van der Waals surface area contributed by atoms with Crippen molar-refractivity contribution >= 4 is 44.2 Å². The summed E-state index contributed by atoms with van der Waals surface area (Å²) in [6.45, 7) is 0. The molecule has 0 radical (unpaired) electrons. The van der Waals surface area contributed by atoms with Gasteiger partial charge in [0.1, 0.15) is 16.6 Å². The largest absolute Gasteiger partial charge is 0.443 e. The summed E-state index contributed by atoms with van der Waals surface area (Å²) in [5.74, 6) is 0. The average Bonchev–Trinajstić information content (AvgIpc) is 4.00. The van der Waals surface area contributed by atoms with E-state index < -0.39 is 0 Å². The number of hydrogen-bond donors (Lipinski definition) is 3. The highest BCUT2D eigenvalue weighted by Crippen LogP contribution is 2.27. The highest BCUT2D eigenvalue weighted by molar-refractivity contribution is 5.91. The van der Waals surface area contributed by atoms with Gasteiger partial charge < -0.3 is 9.40 Å². The van der Waals surface area contributed by atoms with Crippen LogP contribution in [0, 0.1) is 0 Å².